The van der Waals surface area contributed by atoms with Gasteiger partial charge in [-0.1, -0.05) is 12.1 Å². The largest absolute Gasteiger partial charge is 0.378 e. The molecule has 166 valence electrons. The molecule has 1 aliphatic carbocycles. The van der Waals surface area contributed by atoms with Crippen LogP contribution in [0.2, 0.25) is 0 Å². The Morgan fingerprint density at radius 2 is 2.06 bits per heavy atom. The Balaban J connectivity index is 1.44. The highest BCUT2D eigenvalue weighted by Crippen LogP contribution is 2.36. The number of sulfonamides is 1. The summed E-state index contributed by atoms with van der Waals surface area (Å²) in [5.41, 5.74) is 2.66. The second-order valence-electron chi connectivity index (χ2n) is 8.10. The molecule has 0 radical (unpaired) electrons. The molecule has 4 heterocycles. The molecule has 2 N–H and O–H groups in total. The summed E-state index contributed by atoms with van der Waals surface area (Å²) in [7, 11) is -3.24. The first-order valence-electron chi connectivity index (χ1n) is 10.6. The van der Waals surface area contributed by atoms with E-state index in [4.69, 9.17) is 14.7 Å². The summed E-state index contributed by atoms with van der Waals surface area (Å²) in [6, 6.07) is 7.91. The van der Waals surface area contributed by atoms with Crippen LogP contribution in [-0.2, 0) is 21.3 Å². The van der Waals surface area contributed by atoms with E-state index in [2.05, 4.69) is 19.8 Å². The maximum absolute atomic E-state index is 12.3. The van der Waals surface area contributed by atoms with Gasteiger partial charge in [0.05, 0.1) is 40.4 Å². The molecule has 0 bridgehead atoms. The van der Waals surface area contributed by atoms with E-state index < -0.39 is 10.0 Å². The standard InChI is InChI=1S/C21H22N6O3S2/c28-32(29,14-4-5-14)23-11-13-10-18-19(31-13)21(27-6-8-30-9-7-27)25-20(24-18)15-2-1-3-17-16(15)12-22-26-17/h1-3,10,12,14,23H,4-9,11H2,(H,22,26). The van der Waals surface area contributed by atoms with Crippen molar-refractivity contribution < 1.29 is 13.2 Å². The lowest BCUT2D eigenvalue weighted by atomic mass is 10.1. The van der Waals surface area contributed by atoms with Crippen molar-refractivity contribution in [3.63, 3.8) is 0 Å². The first-order valence-corrected chi connectivity index (χ1v) is 13.0. The quantitative estimate of drug-likeness (QED) is 0.445. The number of benzene rings is 1. The van der Waals surface area contributed by atoms with Gasteiger partial charge in [-0.05, 0) is 25.0 Å². The predicted octanol–water partition coefficient (Wildman–Crippen LogP) is 2.65. The van der Waals surface area contributed by atoms with E-state index in [0.717, 1.165) is 63.3 Å². The van der Waals surface area contributed by atoms with Crippen molar-refractivity contribution in [1.29, 1.82) is 0 Å². The molecule has 2 fully saturated rings. The van der Waals surface area contributed by atoms with Crippen molar-refractivity contribution in [2.24, 2.45) is 0 Å². The Hall–Kier alpha value is -2.60. The summed E-state index contributed by atoms with van der Waals surface area (Å²) in [6.45, 7) is 3.08. The molecule has 9 nitrogen and oxygen atoms in total. The number of thiophene rings is 1. The number of aromatic amines is 1. The van der Waals surface area contributed by atoms with Gasteiger partial charge < -0.3 is 9.64 Å². The number of rotatable bonds is 6. The number of nitrogens with one attached hydrogen (secondary N) is 2. The van der Waals surface area contributed by atoms with Crippen LogP contribution in [-0.4, -0.2) is 60.1 Å². The number of morpholine rings is 1. The topological polar surface area (TPSA) is 113 Å². The fraction of sp³-hybridized carbons (Fsp3) is 0.381. The number of anilines is 1. The highest BCUT2D eigenvalue weighted by Gasteiger charge is 2.35. The van der Waals surface area contributed by atoms with Gasteiger partial charge in [-0.15, -0.1) is 11.3 Å². The Labute approximate surface area is 188 Å². The highest BCUT2D eigenvalue weighted by atomic mass is 32.2. The molecule has 3 aromatic heterocycles. The molecule has 0 atom stereocenters. The third-order valence-corrected chi connectivity index (χ3v) is 8.87. The molecule has 1 aromatic carbocycles. The number of hydrogen-bond donors (Lipinski definition) is 2. The van der Waals surface area contributed by atoms with Crippen LogP contribution in [0.5, 0.6) is 0 Å². The molecule has 2 aliphatic rings. The van der Waals surface area contributed by atoms with E-state index in [1.807, 2.05) is 24.3 Å². The Morgan fingerprint density at radius 1 is 1.22 bits per heavy atom. The zero-order valence-corrected chi connectivity index (χ0v) is 18.9. The first kappa shape index (κ1) is 20.0. The van der Waals surface area contributed by atoms with Crippen molar-refractivity contribution in [3.05, 3.63) is 35.3 Å². The summed E-state index contributed by atoms with van der Waals surface area (Å²) >= 11 is 1.55. The molecule has 6 rings (SSSR count). The fourth-order valence-electron chi connectivity index (χ4n) is 3.99. The number of aromatic nitrogens is 4. The van der Waals surface area contributed by atoms with Crippen LogP contribution in [0.25, 0.3) is 32.5 Å². The monoisotopic (exact) mass is 470 g/mol. The second-order valence-corrected chi connectivity index (χ2v) is 11.3. The summed E-state index contributed by atoms with van der Waals surface area (Å²) in [6.07, 6.45) is 3.28. The summed E-state index contributed by atoms with van der Waals surface area (Å²) in [4.78, 5) is 13.0. The van der Waals surface area contributed by atoms with E-state index in [-0.39, 0.29) is 11.8 Å². The lowest BCUT2D eigenvalue weighted by molar-refractivity contribution is 0.122. The molecular weight excluding hydrogens is 448 g/mol. The zero-order chi connectivity index (χ0) is 21.7. The fourth-order valence-corrected chi connectivity index (χ4v) is 6.49. The number of ether oxygens (including phenoxy) is 1. The number of fused-ring (bicyclic) bond motifs is 2. The van der Waals surface area contributed by atoms with Crippen molar-refractivity contribution in [1.82, 2.24) is 24.9 Å². The third-order valence-electron chi connectivity index (χ3n) is 5.85. The normalized spacial score (nSPS) is 17.4. The van der Waals surface area contributed by atoms with Crippen molar-refractivity contribution in [3.8, 4) is 11.4 Å². The number of H-pyrrole nitrogens is 1. The smallest absolute Gasteiger partial charge is 0.214 e. The average Bonchev–Trinajstić information content (AvgIpc) is 3.43. The lowest BCUT2D eigenvalue weighted by Crippen LogP contribution is -2.36. The van der Waals surface area contributed by atoms with Crippen LogP contribution >= 0.6 is 11.3 Å². The number of hydrogen-bond acceptors (Lipinski definition) is 8. The van der Waals surface area contributed by atoms with Crippen LogP contribution in [0.15, 0.2) is 30.5 Å². The summed E-state index contributed by atoms with van der Waals surface area (Å²) < 4.78 is 33.8. The first-order chi connectivity index (χ1) is 15.6. The van der Waals surface area contributed by atoms with Crippen molar-refractivity contribution in [2.45, 2.75) is 24.6 Å². The van der Waals surface area contributed by atoms with Crippen LogP contribution in [0, 0.1) is 0 Å². The molecule has 1 saturated heterocycles. The Morgan fingerprint density at radius 3 is 2.88 bits per heavy atom. The van der Waals surface area contributed by atoms with E-state index in [1.165, 1.54) is 0 Å². The van der Waals surface area contributed by atoms with Crippen LogP contribution in [0.3, 0.4) is 0 Å². The molecule has 11 heteroatoms. The van der Waals surface area contributed by atoms with E-state index in [1.54, 1.807) is 17.5 Å². The van der Waals surface area contributed by atoms with Gasteiger partial charge in [-0.25, -0.2) is 23.1 Å². The van der Waals surface area contributed by atoms with E-state index >= 15 is 0 Å². The minimum absolute atomic E-state index is 0.234. The van der Waals surface area contributed by atoms with Crippen LogP contribution in [0.1, 0.15) is 17.7 Å². The van der Waals surface area contributed by atoms with E-state index in [0.29, 0.717) is 19.0 Å². The highest BCUT2D eigenvalue weighted by molar-refractivity contribution is 7.90. The van der Waals surface area contributed by atoms with Gasteiger partial charge in [0, 0.05) is 35.5 Å². The predicted molar refractivity (Wildman–Crippen MR) is 124 cm³/mol. The molecular formula is C21H22N6O3S2. The Kier molecular flexibility index (Phi) is 4.86. The van der Waals surface area contributed by atoms with E-state index in [9.17, 15) is 8.42 Å². The van der Waals surface area contributed by atoms with Gasteiger partial charge in [0.2, 0.25) is 10.0 Å². The second kappa shape index (κ2) is 7.77. The maximum Gasteiger partial charge on any atom is 0.214 e. The maximum atomic E-state index is 12.3. The minimum atomic E-state index is -3.24. The van der Waals surface area contributed by atoms with Gasteiger partial charge in [0.25, 0.3) is 0 Å². The van der Waals surface area contributed by atoms with Crippen LogP contribution < -0.4 is 9.62 Å². The Bertz CT molecular complexity index is 1400. The molecule has 0 amide bonds. The van der Waals surface area contributed by atoms with Gasteiger partial charge in [0.15, 0.2) is 11.6 Å². The summed E-state index contributed by atoms with van der Waals surface area (Å²) in [5.74, 6) is 1.50. The number of nitrogens with zero attached hydrogens (tertiary/aromatic N) is 4. The molecule has 1 saturated carbocycles. The van der Waals surface area contributed by atoms with Gasteiger partial charge in [-0.2, -0.15) is 5.10 Å². The van der Waals surface area contributed by atoms with Crippen molar-refractivity contribution >= 4 is 48.3 Å². The van der Waals surface area contributed by atoms with Gasteiger partial charge in [-0.3, -0.25) is 5.10 Å². The summed E-state index contributed by atoms with van der Waals surface area (Å²) in [5, 5.41) is 7.89. The van der Waals surface area contributed by atoms with Gasteiger partial charge >= 0.3 is 0 Å². The SMILES string of the molecule is O=S(=O)(NCc1cc2nc(-c3cccc4[nH]ncc34)nc(N3CCOCC3)c2s1)C1CC1. The lowest BCUT2D eigenvalue weighted by Gasteiger charge is -2.28. The molecule has 1 aliphatic heterocycles. The average molecular weight is 471 g/mol. The molecule has 0 unspecified atom stereocenters. The molecule has 4 aromatic rings. The molecule has 32 heavy (non-hydrogen) atoms. The van der Waals surface area contributed by atoms with Gasteiger partial charge in [0.1, 0.15) is 0 Å². The van der Waals surface area contributed by atoms with Crippen LogP contribution in [0.4, 0.5) is 5.82 Å². The minimum Gasteiger partial charge on any atom is -0.378 e. The zero-order valence-electron chi connectivity index (χ0n) is 17.2. The molecule has 0 spiro atoms. The third kappa shape index (κ3) is 3.64. The van der Waals surface area contributed by atoms with Crippen molar-refractivity contribution in [2.75, 3.05) is 31.2 Å².